The fourth-order valence-electron chi connectivity index (χ4n) is 4.15. The monoisotopic (exact) mass is 533 g/mol. The van der Waals surface area contributed by atoms with Crippen LogP contribution in [0.5, 0.6) is 0 Å². The second kappa shape index (κ2) is 9.97. The van der Waals surface area contributed by atoms with E-state index in [1.807, 2.05) is 19.2 Å². The molecule has 3 heterocycles. The number of alkyl halides is 3. The van der Waals surface area contributed by atoms with E-state index in [-0.39, 0.29) is 11.4 Å². The van der Waals surface area contributed by atoms with E-state index >= 15 is 0 Å². The minimum Gasteiger partial charge on any atom is -0.543 e. The number of rotatable bonds is 6. The first-order chi connectivity index (χ1) is 18.6. The second-order valence-electron chi connectivity index (χ2n) is 8.57. The van der Waals surface area contributed by atoms with Crippen LogP contribution in [0, 0.1) is 0 Å². The number of H-pyrrole nitrogens is 1. The van der Waals surface area contributed by atoms with Gasteiger partial charge < -0.3 is 25.5 Å². The third-order valence-electron chi connectivity index (χ3n) is 5.99. The Labute approximate surface area is 219 Å². The third kappa shape index (κ3) is 5.30. The number of urea groups is 1. The topological polar surface area (TPSA) is 128 Å². The van der Waals surface area contributed by atoms with E-state index in [1.165, 1.54) is 18.2 Å². The number of carboxylic acids is 1. The van der Waals surface area contributed by atoms with Gasteiger partial charge in [-0.25, -0.2) is 9.78 Å². The average molecular weight is 533 g/mol. The van der Waals surface area contributed by atoms with E-state index in [0.29, 0.717) is 40.1 Å². The van der Waals surface area contributed by atoms with Crippen molar-refractivity contribution in [1.82, 2.24) is 19.7 Å². The fourth-order valence-corrected chi connectivity index (χ4v) is 4.15. The molecule has 0 saturated carbocycles. The number of aryl methyl sites for hydroxylation is 1. The van der Waals surface area contributed by atoms with E-state index in [2.05, 4.69) is 25.7 Å². The summed E-state index contributed by atoms with van der Waals surface area (Å²) in [4.78, 5) is 30.9. The summed E-state index contributed by atoms with van der Waals surface area (Å²) in [7, 11) is 0. The molecule has 0 saturated heterocycles. The standard InChI is InChI=1S/C27H21F3N6O3/c1-2-36-14-21(19-10-11-31-24-20(19)13-22(34-24)25(37)38)23(35-36)15-4-3-5-18(12-15)33-26(39)32-17-8-6-16(7-9-17)27(28,29)30/h3-14H,2H2,1H3,(H,31,34)(H,37,38)(H2,32,33,39)/p-1. The van der Waals surface area contributed by atoms with Crippen molar-refractivity contribution in [2.45, 2.75) is 19.6 Å². The summed E-state index contributed by atoms with van der Waals surface area (Å²) in [5.74, 6) is -1.35. The Morgan fingerprint density at radius 3 is 2.44 bits per heavy atom. The smallest absolute Gasteiger partial charge is 0.416 e. The molecule has 9 nitrogen and oxygen atoms in total. The summed E-state index contributed by atoms with van der Waals surface area (Å²) in [5, 5.41) is 21.8. The number of hydrogen-bond acceptors (Lipinski definition) is 5. The number of fused-ring (bicyclic) bond motifs is 1. The Morgan fingerprint density at radius 1 is 1.00 bits per heavy atom. The van der Waals surface area contributed by atoms with Crippen LogP contribution in [0.4, 0.5) is 29.3 Å². The molecule has 3 aromatic heterocycles. The van der Waals surface area contributed by atoms with E-state index in [0.717, 1.165) is 17.7 Å². The van der Waals surface area contributed by atoms with Gasteiger partial charge in [0, 0.05) is 46.8 Å². The van der Waals surface area contributed by atoms with Crippen LogP contribution in [0.1, 0.15) is 23.0 Å². The zero-order valence-corrected chi connectivity index (χ0v) is 20.3. The van der Waals surface area contributed by atoms with Crippen LogP contribution in [0.2, 0.25) is 0 Å². The zero-order valence-electron chi connectivity index (χ0n) is 20.3. The quantitative estimate of drug-likeness (QED) is 0.279. The highest BCUT2D eigenvalue weighted by Crippen LogP contribution is 2.36. The molecule has 0 aliphatic rings. The largest absolute Gasteiger partial charge is 0.543 e. The highest BCUT2D eigenvalue weighted by atomic mass is 19.4. The van der Waals surface area contributed by atoms with E-state index in [9.17, 15) is 27.9 Å². The highest BCUT2D eigenvalue weighted by molar-refractivity contribution is 6.02. The number of aromatic nitrogens is 4. The molecule has 0 aliphatic carbocycles. The van der Waals surface area contributed by atoms with Crippen LogP contribution < -0.4 is 15.7 Å². The number of nitrogens with zero attached hydrogens (tertiary/aromatic N) is 3. The Kier molecular flexibility index (Phi) is 6.52. The van der Waals surface area contributed by atoms with Crippen LogP contribution in [0.25, 0.3) is 33.4 Å². The first-order valence-corrected chi connectivity index (χ1v) is 11.7. The van der Waals surface area contributed by atoms with Crippen LogP contribution in [0.3, 0.4) is 0 Å². The minimum absolute atomic E-state index is 0.0976. The number of aromatic carboxylic acids is 1. The van der Waals surface area contributed by atoms with Gasteiger partial charge in [0.1, 0.15) is 11.3 Å². The molecule has 0 atom stereocenters. The van der Waals surface area contributed by atoms with Gasteiger partial charge in [-0.1, -0.05) is 12.1 Å². The number of hydrogen-bond donors (Lipinski definition) is 3. The Morgan fingerprint density at radius 2 is 1.74 bits per heavy atom. The summed E-state index contributed by atoms with van der Waals surface area (Å²) in [6.07, 6.45) is -1.07. The van der Waals surface area contributed by atoms with Gasteiger partial charge in [-0.05, 0) is 61.0 Å². The number of carbonyl (C=O) groups excluding carboxylic acids is 2. The fraction of sp³-hybridized carbons (Fsp3) is 0.111. The number of halogens is 3. The molecule has 5 aromatic rings. The van der Waals surface area contributed by atoms with Gasteiger partial charge >= 0.3 is 12.2 Å². The van der Waals surface area contributed by atoms with Gasteiger partial charge in [0.25, 0.3) is 0 Å². The van der Waals surface area contributed by atoms with Crippen LogP contribution in [-0.4, -0.2) is 31.7 Å². The van der Waals surface area contributed by atoms with E-state index in [1.54, 1.807) is 35.1 Å². The van der Waals surface area contributed by atoms with Crippen molar-refractivity contribution in [1.29, 1.82) is 0 Å². The number of amides is 2. The molecular formula is C27H20F3N6O3-. The number of pyridine rings is 1. The molecule has 0 unspecified atom stereocenters. The van der Waals surface area contributed by atoms with Crippen molar-refractivity contribution >= 4 is 34.4 Å². The predicted octanol–water partition coefficient (Wildman–Crippen LogP) is 5.14. The van der Waals surface area contributed by atoms with Gasteiger partial charge in [-0.2, -0.15) is 18.3 Å². The van der Waals surface area contributed by atoms with Gasteiger partial charge in [0.2, 0.25) is 0 Å². The van der Waals surface area contributed by atoms with Crippen molar-refractivity contribution in [2.75, 3.05) is 10.6 Å². The molecule has 2 amide bonds. The number of carboxylic acid groups (broad SMARTS) is 1. The lowest BCUT2D eigenvalue weighted by atomic mass is 10.00. The molecule has 12 heteroatoms. The van der Waals surface area contributed by atoms with Gasteiger partial charge in [0.05, 0.1) is 17.2 Å². The van der Waals surface area contributed by atoms with Crippen molar-refractivity contribution in [3.63, 3.8) is 0 Å². The molecule has 198 valence electrons. The zero-order chi connectivity index (χ0) is 27.7. The molecule has 0 bridgehead atoms. The molecule has 0 radical (unpaired) electrons. The number of carbonyl (C=O) groups is 2. The molecular weight excluding hydrogens is 513 g/mol. The van der Waals surface area contributed by atoms with E-state index < -0.39 is 23.7 Å². The number of anilines is 2. The summed E-state index contributed by atoms with van der Waals surface area (Å²) < 4.78 is 40.1. The SMILES string of the molecule is CCn1cc(-c2ccnc3[nH]c(C(=O)[O-])cc23)c(-c2cccc(NC(=O)Nc3ccc(C(F)(F)F)cc3)c2)n1. The Bertz CT molecular complexity index is 1690. The van der Waals surface area contributed by atoms with Gasteiger partial charge in [-0.15, -0.1) is 0 Å². The van der Waals surface area contributed by atoms with E-state index in [4.69, 9.17) is 0 Å². The minimum atomic E-state index is -4.47. The van der Waals surface area contributed by atoms with Crippen LogP contribution >= 0.6 is 0 Å². The summed E-state index contributed by atoms with van der Waals surface area (Å²) >= 11 is 0. The lowest BCUT2D eigenvalue weighted by Gasteiger charge is -2.11. The van der Waals surface area contributed by atoms with Crippen molar-refractivity contribution in [2.24, 2.45) is 0 Å². The normalized spacial score (nSPS) is 11.5. The first kappa shape index (κ1) is 25.5. The summed E-state index contributed by atoms with van der Waals surface area (Å²) in [6, 6.07) is 13.6. The maximum absolute atomic E-state index is 12.8. The third-order valence-corrected chi connectivity index (χ3v) is 5.99. The Balaban J connectivity index is 1.43. The molecule has 5 rings (SSSR count). The molecule has 2 aromatic carbocycles. The van der Waals surface area contributed by atoms with Crippen molar-refractivity contribution < 1.29 is 27.9 Å². The number of nitrogens with one attached hydrogen (secondary N) is 3. The maximum Gasteiger partial charge on any atom is 0.416 e. The van der Waals surface area contributed by atoms with Gasteiger partial charge in [-0.3, -0.25) is 4.68 Å². The lowest BCUT2D eigenvalue weighted by molar-refractivity contribution is -0.255. The predicted molar refractivity (Wildman–Crippen MR) is 137 cm³/mol. The number of aromatic amines is 1. The molecule has 39 heavy (non-hydrogen) atoms. The van der Waals surface area contributed by atoms with Crippen molar-refractivity contribution in [3.8, 4) is 22.4 Å². The molecule has 0 fully saturated rings. The second-order valence-corrected chi connectivity index (χ2v) is 8.57. The lowest BCUT2D eigenvalue weighted by Crippen LogP contribution is -2.22. The van der Waals surface area contributed by atoms with Crippen molar-refractivity contribution in [3.05, 3.63) is 84.3 Å². The average Bonchev–Trinajstić information content (AvgIpc) is 3.53. The van der Waals surface area contributed by atoms with Gasteiger partial charge in [0.15, 0.2) is 0 Å². The molecule has 0 aliphatic heterocycles. The van der Waals surface area contributed by atoms with Crippen LogP contribution in [-0.2, 0) is 12.7 Å². The Hall–Kier alpha value is -5.13. The maximum atomic E-state index is 12.8. The molecule has 0 spiro atoms. The number of benzene rings is 2. The molecule has 3 N–H and O–H groups in total. The highest BCUT2D eigenvalue weighted by Gasteiger charge is 2.30. The summed E-state index contributed by atoms with van der Waals surface area (Å²) in [6.45, 7) is 2.50. The van der Waals surface area contributed by atoms with Crippen LogP contribution in [0.15, 0.2) is 73.1 Å². The summed E-state index contributed by atoms with van der Waals surface area (Å²) in [5.41, 5.74) is 2.79. The first-order valence-electron chi connectivity index (χ1n) is 11.7.